The van der Waals surface area contributed by atoms with Crippen LogP contribution < -0.4 is 9.62 Å². The number of fused-ring (bicyclic) bond motifs is 1. The van der Waals surface area contributed by atoms with E-state index in [-0.39, 0.29) is 11.4 Å². The van der Waals surface area contributed by atoms with E-state index in [0.717, 1.165) is 25.5 Å². The SMILES string of the molecule is CSc1ccc(S(=O)(=O)N(CC(=O)Nc2ccc3ccccc3c2)c2ccc(C)cc2)cc1. The van der Waals surface area contributed by atoms with E-state index in [9.17, 15) is 13.2 Å². The van der Waals surface area contributed by atoms with Crippen LogP contribution >= 0.6 is 11.8 Å². The van der Waals surface area contributed by atoms with Crippen molar-refractivity contribution in [1.82, 2.24) is 0 Å². The molecule has 1 N–H and O–H groups in total. The van der Waals surface area contributed by atoms with Gasteiger partial charge in [-0.15, -0.1) is 11.8 Å². The van der Waals surface area contributed by atoms with Crippen LogP contribution in [0.2, 0.25) is 0 Å². The van der Waals surface area contributed by atoms with Crippen LogP contribution in [-0.2, 0) is 14.8 Å². The summed E-state index contributed by atoms with van der Waals surface area (Å²) in [5.74, 6) is -0.421. The summed E-state index contributed by atoms with van der Waals surface area (Å²) in [4.78, 5) is 14.1. The molecule has 5 nitrogen and oxygen atoms in total. The van der Waals surface area contributed by atoms with Gasteiger partial charge in [-0.25, -0.2) is 8.42 Å². The predicted octanol–water partition coefficient (Wildman–Crippen LogP) is 5.70. The molecule has 0 fully saturated rings. The summed E-state index contributed by atoms with van der Waals surface area (Å²) in [6, 6.07) is 27.2. The standard InChI is InChI=1S/C26H24N2O3S2/c1-19-7-11-23(12-8-19)28(33(30,31)25-15-13-24(32-2)14-16-25)18-26(29)27-22-10-9-20-5-3-4-6-21(20)17-22/h3-17H,18H2,1-2H3,(H,27,29). The molecule has 168 valence electrons. The van der Waals surface area contributed by atoms with Crippen molar-refractivity contribution >= 4 is 49.8 Å². The predicted molar refractivity (Wildman–Crippen MR) is 137 cm³/mol. The Hall–Kier alpha value is -3.29. The Balaban J connectivity index is 1.63. The summed E-state index contributed by atoms with van der Waals surface area (Å²) in [5, 5.41) is 4.89. The maximum Gasteiger partial charge on any atom is 0.264 e. The first-order valence-corrected chi connectivity index (χ1v) is 13.1. The minimum Gasteiger partial charge on any atom is -0.324 e. The molecule has 0 heterocycles. The van der Waals surface area contributed by atoms with Gasteiger partial charge in [0.05, 0.1) is 10.6 Å². The topological polar surface area (TPSA) is 66.5 Å². The van der Waals surface area contributed by atoms with Gasteiger partial charge in [-0.1, -0.05) is 48.0 Å². The number of sulfonamides is 1. The third kappa shape index (κ3) is 5.21. The largest absolute Gasteiger partial charge is 0.324 e. The zero-order valence-electron chi connectivity index (χ0n) is 18.4. The van der Waals surface area contributed by atoms with Crippen molar-refractivity contribution in [2.45, 2.75) is 16.7 Å². The fraction of sp³-hybridized carbons (Fsp3) is 0.115. The second-order valence-corrected chi connectivity index (χ2v) is 10.4. The van der Waals surface area contributed by atoms with Gasteiger partial charge in [0.15, 0.2) is 0 Å². The number of nitrogens with one attached hydrogen (secondary N) is 1. The molecule has 0 saturated heterocycles. The van der Waals surface area contributed by atoms with E-state index in [4.69, 9.17) is 0 Å². The fourth-order valence-electron chi connectivity index (χ4n) is 3.50. The second kappa shape index (κ2) is 9.68. The second-order valence-electron chi connectivity index (χ2n) is 7.63. The van der Waals surface area contributed by atoms with Gasteiger partial charge < -0.3 is 5.32 Å². The van der Waals surface area contributed by atoms with Crippen LogP contribution in [0.5, 0.6) is 0 Å². The van der Waals surface area contributed by atoms with Crippen molar-refractivity contribution in [3.63, 3.8) is 0 Å². The van der Waals surface area contributed by atoms with Crippen molar-refractivity contribution in [2.75, 3.05) is 22.4 Å². The van der Waals surface area contributed by atoms with Crippen molar-refractivity contribution in [3.05, 3.63) is 96.6 Å². The Morgan fingerprint density at radius 1 is 0.879 bits per heavy atom. The van der Waals surface area contributed by atoms with Crippen LogP contribution in [0.25, 0.3) is 10.8 Å². The molecule has 4 aromatic carbocycles. The Bertz CT molecular complexity index is 1380. The number of benzene rings is 4. The van der Waals surface area contributed by atoms with E-state index in [1.54, 1.807) is 36.4 Å². The zero-order valence-corrected chi connectivity index (χ0v) is 20.0. The average Bonchev–Trinajstić information content (AvgIpc) is 2.83. The molecular weight excluding hydrogens is 452 g/mol. The highest BCUT2D eigenvalue weighted by atomic mass is 32.2. The number of hydrogen-bond acceptors (Lipinski definition) is 4. The third-order valence-electron chi connectivity index (χ3n) is 5.29. The molecule has 1 amide bonds. The summed E-state index contributed by atoms with van der Waals surface area (Å²) in [6.45, 7) is 1.58. The van der Waals surface area contributed by atoms with Gasteiger partial charge in [-0.3, -0.25) is 9.10 Å². The van der Waals surface area contributed by atoms with E-state index in [1.165, 1.54) is 11.8 Å². The molecule has 0 atom stereocenters. The van der Waals surface area contributed by atoms with Crippen LogP contribution in [-0.4, -0.2) is 27.1 Å². The van der Waals surface area contributed by atoms with Crippen LogP contribution in [0.1, 0.15) is 5.56 Å². The van der Waals surface area contributed by atoms with Crippen molar-refractivity contribution in [1.29, 1.82) is 0 Å². The summed E-state index contributed by atoms with van der Waals surface area (Å²) in [5.41, 5.74) is 2.05. The number of anilines is 2. The van der Waals surface area contributed by atoms with Crippen molar-refractivity contribution < 1.29 is 13.2 Å². The molecule has 0 radical (unpaired) electrons. The Labute approximate surface area is 198 Å². The summed E-state index contributed by atoms with van der Waals surface area (Å²) < 4.78 is 28.2. The lowest BCUT2D eigenvalue weighted by molar-refractivity contribution is -0.114. The first-order chi connectivity index (χ1) is 15.9. The van der Waals surface area contributed by atoms with Crippen LogP contribution in [0, 0.1) is 6.92 Å². The minimum absolute atomic E-state index is 0.138. The summed E-state index contributed by atoms with van der Waals surface area (Å²) >= 11 is 1.53. The van der Waals surface area contributed by atoms with Crippen LogP contribution in [0.3, 0.4) is 0 Å². The van der Waals surface area contributed by atoms with Gasteiger partial charge >= 0.3 is 0 Å². The fourth-order valence-corrected chi connectivity index (χ4v) is 5.33. The van der Waals surface area contributed by atoms with Gasteiger partial charge in [-0.2, -0.15) is 0 Å². The molecule has 0 aliphatic carbocycles. The van der Waals surface area contributed by atoms with E-state index in [2.05, 4.69) is 5.32 Å². The number of hydrogen-bond donors (Lipinski definition) is 1. The number of nitrogens with zero attached hydrogens (tertiary/aromatic N) is 1. The molecule has 0 aliphatic heterocycles. The average molecular weight is 477 g/mol. The van der Waals surface area contributed by atoms with Crippen LogP contribution in [0.4, 0.5) is 11.4 Å². The van der Waals surface area contributed by atoms with Gasteiger partial charge in [0.25, 0.3) is 10.0 Å². The van der Waals surface area contributed by atoms with Gasteiger partial charge in [-0.05, 0) is 72.5 Å². The Kier molecular flexibility index (Phi) is 6.72. The first kappa shape index (κ1) is 22.9. The lowest BCUT2D eigenvalue weighted by Gasteiger charge is -2.24. The molecular formula is C26H24N2O3S2. The lowest BCUT2D eigenvalue weighted by atomic mass is 10.1. The molecule has 0 aliphatic rings. The van der Waals surface area contributed by atoms with Gasteiger partial charge in [0, 0.05) is 10.6 Å². The summed E-state index contributed by atoms with van der Waals surface area (Å²) in [6.07, 6.45) is 1.93. The van der Waals surface area contributed by atoms with Gasteiger partial charge in [0.1, 0.15) is 6.54 Å². The Morgan fingerprint density at radius 3 is 2.21 bits per heavy atom. The normalized spacial score (nSPS) is 11.3. The highest BCUT2D eigenvalue weighted by molar-refractivity contribution is 7.98. The maximum atomic E-state index is 13.5. The van der Waals surface area contributed by atoms with Gasteiger partial charge in [0.2, 0.25) is 5.91 Å². The van der Waals surface area contributed by atoms with Crippen molar-refractivity contribution in [3.8, 4) is 0 Å². The number of carbonyl (C=O) groups is 1. The maximum absolute atomic E-state index is 13.5. The first-order valence-electron chi connectivity index (χ1n) is 10.4. The van der Waals surface area contributed by atoms with E-state index >= 15 is 0 Å². The zero-order chi connectivity index (χ0) is 23.4. The third-order valence-corrected chi connectivity index (χ3v) is 7.82. The Morgan fingerprint density at radius 2 is 1.55 bits per heavy atom. The molecule has 4 rings (SSSR count). The minimum atomic E-state index is -3.95. The molecule has 0 bridgehead atoms. The molecule has 0 spiro atoms. The van der Waals surface area contributed by atoms with E-state index in [0.29, 0.717) is 11.4 Å². The monoisotopic (exact) mass is 476 g/mol. The molecule has 4 aromatic rings. The number of rotatable bonds is 7. The molecule has 0 saturated carbocycles. The molecule has 33 heavy (non-hydrogen) atoms. The van der Waals surface area contributed by atoms with Crippen molar-refractivity contribution in [2.24, 2.45) is 0 Å². The molecule has 0 aromatic heterocycles. The molecule has 0 unspecified atom stereocenters. The van der Waals surface area contributed by atoms with E-state index < -0.39 is 15.9 Å². The smallest absolute Gasteiger partial charge is 0.264 e. The summed E-state index contributed by atoms with van der Waals surface area (Å²) in [7, 11) is -3.95. The highest BCUT2D eigenvalue weighted by Crippen LogP contribution is 2.26. The highest BCUT2D eigenvalue weighted by Gasteiger charge is 2.27. The molecule has 7 heteroatoms. The van der Waals surface area contributed by atoms with E-state index in [1.807, 2.05) is 67.8 Å². The number of aryl methyl sites for hydroxylation is 1. The van der Waals surface area contributed by atoms with Crippen LogP contribution in [0.15, 0.2) is 101 Å². The number of thioether (sulfide) groups is 1. The quantitative estimate of drug-likeness (QED) is 0.347. The number of carbonyl (C=O) groups excluding carboxylic acids is 1. The number of amides is 1. The lowest BCUT2D eigenvalue weighted by Crippen LogP contribution is -2.38.